The largest absolute Gasteiger partial charge is 0.478 e. The maximum atomic E-state index is 12.7. The van der Waals surface area contributed by atoms with Crippen molar-refractivity contribution in [1.82, 2.24) is 0 Å². The Morgan fingerprint density at radius 1 is 1.11 bits per heavy atom. The van der Waals surface area contributed by atoms with Crippen LogP contribution in [0.15, 0.2) is 42.5 Å². The Kier molecular flexibility index (Phi) is 3.14. The fourth-order valence-electron chi connectivity index (χ4n) is 1.54. The number of carbonyl (C=O) groups is 1. The number of hydrogen-bond acceptors (Lipinski definition) is 3. The zero-order valence-corrected chi connectivity index (χ0v) is 9.35. The van der Waals surface area contributed by atoms with Gasteiger partial charge in [-0.25, -0.2) is 9.18 Å². The average Bonchev–Trinajstić information content (AvgIpc) is 2.32. The molecule has 0 fully saturated rings. The summed E-state index contributed by atoms with van der Waals surface area (Å²) >= 11 is 0. The van der Waals surface area contributed by atoms with E-state index in [0.717, 1.165) is 0 Å². The van der Waals surface area contributed by atoms with Gasteiger partial charge in [-0.15, -0.1) is 0 Å². The standard InChI is InChI=1S/C13H11FN2O2/c14-8-1-3-9(4-2-8)16-10-5-6-11(13(17)18)12(15)7-10/h1-7,16H,15H2,(H,17,18). The average molecular weight is 246 g/mol. The normalized spacial score (nSPS) is 10.1. The van der Waals surface area contributed by atoms with E-state index in [-0.39, 0.29) is 17.1 Å². The summed E-state index contributed by atoms with van der Waals surface area (Å²) in [5.74, 6) is -1.39. The topological polar surface area (TPSA) is 75.3 Å². The van der Waals surface area contributed by atoms with Gasteiger partial charge >= 0.3 is 5.97 Å². The van der Waals surface area contributed by atoms with Gasteiger partial charge in [0.25, 0.3) is 0 Å². The molecule has 2 aromatic carbocycles. The minimum absolute atomic E-state index is 0.0552. The third kappa shape index (κ3) is 2.57. The van der Waals surface area contributed by atoms with Crippen LogP contribution in [0.2, 0.25) is 0 Å². The van der Waals surface area contributed by atoms with Crippen LogP contribution in [-0.4, -0.2) is 11.1 Å². The number of nitrogen functional groups attached to an aromatic ring is 1. The van der Waals surface area contributed by atoms with Crippen LogP contribution in [0.3, 0.4) is 0 Å². The number of rotatable bonds is 3. The van der Waals surface area contributed by atoms with E-state index in [1.807, 2.05) is 0 Å². The van der Waals surface area contributed by atoms with Crippen molar-refractivity contribution in [2.45, 2.75) is 0 Å². The van der Waals surface area contributed by atoms with Gasteiger partial charge in [-0.2, -0.15) is 0 Å². The van der Waals surface area contributed by atoms with Crippen molar-refractivity contribution in [3.63, 3.8) is 0 Å². The van der Waals surface area contributed by atoms with E-state index in [9.17, 15) is 9.18 Å². The second-order valence-electron chi connectivity index (χ2n) is 3.74. The molecule has 0 spiro atoms. The van der Waals surface area contributed by atoms with E-state index in [1.165, 1.54) is 24.3 Å². The highest BCUT2D eigenvalue weighted by molar-refractivity contribution is 5.94. The number of nitrogens with one attached hydrogen (secondary N) is 1. The maximum absolute atomic E-state index is 12.7. The molecular weight excluding hydrogens is 235 g/mol. The number of benzene rings is 2. The molecule has 4 nitrogen and oxygen atoms in total. The summed E-state index contributed by atoms with van der Waals surface area (Å²) in [7, 11) is 0. The van der Waals surface area contributed by atoms with Crippen molar-refractivity contribution < 1.29 is 14.3 Å². The second kappa shape index (κ2) is 4.75. The van der Waals surface area contributed by atoms with Crippen molar-refractivity contribution in [2.24, 2.45) is 0 Å². The minimum atomic E-state index is -1.07. The predicted molar refractivity (Wildman–Crippen MR) is 67.5 cm³/mol. The number of aromatic carboxylic acids is 1. The lowest BCUT2D eigenvalue weighted by Crippen LogP contribution is -2.02. The third-order valence-electron chi connectivity index (χ3n) is 2.41. The predicted octanol–water partition coefficient (Wildman–Crippen LogP) is 2.85. The molecule has 5 heteroatoms. The number of carboxylic acids is 1. The van der Waals surface area contributed by atoms with Crippen LogP contribution < -0.4 is 11.1 Å². The molecule has 0 heterocycles. The van der Waals surface area contributed by atoms with Crippen LogP contribution in [0.25, 0.3) is 0 Å². The quantitative estimate of drug-likeness (QED) is 0.728. The number of nitrogens with two attached hydrogens (primary N) is 1. The number of carboxylic acid groups (broad SMARTS) is 1. The van der Waals surface area contributed by atoms with Gasteiger partial charge in [-0.3, -0.25) is 0 Å². The van der Waals surface area contributed by atoms with Crippen molar-refractivity contribution in [3.05, 3.63) is 53.8 Å². The maximum Gasteiger partial charge on any atom is 0.337 e. The highest BCUT2D eigenvalue weighted by Gasteiger charge is 2.07. The minimum Gasteiger partial charge on any atom is -0.478 e. The molecule has 0 aliphatic heterocycles. The molecule has 2 aromatic rings. The molecule has 0 unspecified atom stereocenters. The van der Waals surface area contributed by atoms with Crippen LogP contribution >= 0.6 is 0 Å². The van der Waals surface area contributed by atoms with Crippen molar-refractivity contribution in [3.8, 4) is 0 Å². The second-order valence-corrected chi connectivity index (χ2v) is 3.74. The summed E-state index contributed by atoms with van der Waals surface area (Å²) < 4.78 is 12.7. The van der Waals surface area contributed by atoms with Crippen molar-refractivity contribution in [1.29, 1.82) is 0 Å². The number of anilines is 3. The molecule has 0 aliphatic rings. The highest BCUT2D eigenvalue weighted by atomic mass is 19.1. The van der Waals surface area contributed by atoms with Gasteiger partial charge in [0.1, 0.15) is 5.82 Å². The Labute approximate surface area is 103 Å². The zero-order chi connectivity index (χ0) is 13.1. The van der Waals surface area contributed by atoms with Crippen molar-refractivity contribution in [2.75, 3.05) is 11.1 Å². The monoisotopic (exact) mass is 246 g/mol. The van der Waals surface area contributed by atoms with E-state index >= 15 is 0 Å². The Morgan fingerprint density at radius 3 is 2.28 bits per heavy atom. The van der Waals surface area contributed by atoms with Crippen LogP contribution in [0.5, 0.6) is 0 Å². The van der Waals surface area contributed by atoms with Crippen LogP contribution in [0.1, 0.15) is 10.4 Å². The number of halogens is 1. The smallest absolute Gasteiger partial charge is 0.337 e. The molecular formula is C13H11FN2O2. The summed E-state index contributed by atoms with van der Waals surface area (Å²) in [6.45, 7) is 0. The Hall–Kier alpha value is -2.56. The summed E-state index contributed by atoms with van der Waals surface area (Å²) in [5.41, 5.74) is 7.19. The Morgan fingerprint density at radius 2 is 1.72 bits per heavy atom. The summed E-state index contributed by atoms with van der Waals surface area (Å²) in [5, 5.41) is 11.8. The lowest BCUT2D eigenvalue weighted by molar-refractivity contribution is 0.0698. The van der Waals surface area contributed by atoms with E-state index in [1.54, 1.807) is 18.2 Å². The van der Waals surface area contributed by atoms with Gasteiger partial charge < -0.3 is 16.2 Å². The lowest BCUT2D eigenvalue weighted by atomic mass is 10.1. The first-order valence-electron chi connectivity index (χ1n) is 5.21. The zero-order valence-electron chi connectivity index (χ0n) is 9.35. The first kappa shape index (κ1) is 11.9. The molecule has 0 atom stereocenters. The van der Waals surface area contributed by atoms with Crippen molar-refractivity contribution >= 4 is 23.0 Å². The molecule has 0 aliphatic carbocycles. The SMILES string of the molecule is Nc1cc(Nc2ccc(F)cc2)ccc1C(=O)O. The fraction of sp³-hybridized carbons (Fsp3) is 0. The third-order valence-corrected chi connectivity index (χ3v) is 2.41. The fourth-order valence-corrected chi connectivity index (χ4v) is 1.54. The van der Waals surface area contributed by atoms with Gasteiger partial charge in [0.05, 0.1) is 5.56 Å². The summed E-state index contributed by atoms with van der Waals surface area (Å²) in [6, 6.07) is 10.4. The molecule has 0 bridgehead atoms. The first-order valence-corrected chi connectivity index (χ1v) is 5.21. The number of hydrogen-bond donors (Lipinski definition) is 3. The lowest BCUT2D eigenvalue weighted by Gasteiger charge is -2.08. The van der Waals surface area contributed by atoms with E-state index < -0.39 is 5.97 Å². The Bertz CT molecular complexity index is 582. The molecule has 4 N–H and O–H groups in total. The van der Waals surface area contributed by atoms with E-state index in [0.29, 0.717) is 11.4 Å². The molecule has 0 saturated carbocycles. The molecule has 18 heavy (non-hydrogen) atoms. The highest BCUT2D eigenvalue weighted by Crippen LogP contribution is 2.22. The molecule has 0 amide bonds. The first-order chi connectivity index (χ1) is 8.56. The van der Waals surface area contributed by atoms with Gasteiger partial charge in [-0.1, -0.05) is 0 Å². The summed E-state index contributed by atoms with van der Waals surface area (Å²) in [4.78, 5) is 10.8. The van der Waals surface area contributed by atoms with Crippen LogP contribution in [0.4, 0.5) is 21.5 Å². The van der Waals surface area contributed by atoms with Gasteiger partial charge in [-0.05, 0) is 42.5 Å². The van der Waals surface area contributed by atoms with E-state index in [2.05, 4.69) is 5.32 Å². The molecule has 0 saturated heterocycles. The molecule has 0 aromatic heterocycles. The van der Waals surface area contributed by atoms with E-state index in [4.69, 9.17) is 10.8 Å². The molecule has 0 radical (unpaired) electrons. The Balaban J connectivity index is 2.22. The molecule has 92 valence electrons. The summed E-state index contributed by atoms with van der Waals surface area (Å²) in [6.07, 6.45) is 0. The van der Waals surface area contributed by atoms with Gasteiger partial charge in [0, 0.05) is 17.1 Å². The van der Waals surface area contributed by atoms with Crippen LogP contribution in [-0.2, 0) is 0 Å². The van der Waals surface area contributed by atoms with Gasteiger partial charge in [0.15, 0.2) is 0 Å². The van der Waals surface area contributed by atoms with Gasteiger partial charge in [0.2, 0.25) is 0 Å². The molecule has 2 rings (SSSR count). The van der Waals surface area contributed by atoms with Crippen LogP contribution in [0, 0.1) is 5.82 Å².